The van der Waals surface area contributed by atoms with Crippen LogP contribution in [0.3, 0.4) is 0 Å². The molecule has 4 aromatic rings. The van der Waals surface area contributed by atoms with Crippen LogP contribution in [0.15, 0.2) is 60.7 Å². The number of halogens is 3. The van der Waals surface area contributed by atoms with Crippen molar-refractivity contribution in [2.75, 3.05) is 0 Å². The number of aromatic nitrogens is 1. The lowest BCUT2D eigenvalue weighted by Gasteiger charge is -2.31. The van der Waals surface area contributed by atoms with Gasteiger partial charge in [-0.25, -0.2) is 13.6 Å². The molecule has 1 heterocycles. The molecule has 2 amide bonds. The fourth-order valence-corrected chi connectivity index (χ4v) is 4.65. The van der Waals surface area contributed by atoms with Gasteiger partial charge in [-0.15, -0.1) is 0 Å². The summed E-state index contributed by atoms with van der Waals surface area (Å²) in [6, 6.07) is 13.1. The summed E-state index contributed by atoms with van der Waals surface area (Å²) in [7, 11) is 0. The molecule has 0 spiro atoms. The fraction of sp³-hybridized carbons (Fsp3) is 0.233. The molecule has 1 aromatic heterocycles. The van der Waals surface area contributed by atoms with Crippen molar-refractivity contribution in [1.29, 1.82) is 0 Å². The normalized spacial score (nSPS) is 12.1. The molecule has 11 heteroatoms. The average molecular weight is 584 g/mol. The van der Waals surface area contributed by atoms with Crippen molar-refractivity contribution in [1.82, 2.24) is 15.2 Å². The van der Waals surface area contributed by atoms with Crippen LogP contribution in [-0.2, 0) is 22.7 Å². The molecule has 0 saturated carbocycles. The predicted molar refractivity (Wildman–Crippen MR) is 150 cm³/mol. The van der Waals surface area contributed by atoms with Crippen LogP contribution in [0.2, 0.25) is 5.02 Å². The van der Waals surface area contributed by atoms with Crippen LogP contribution in [0.5, 0.6) is 5.75 Å². The summed E-state index contributed by atoms with van der Waals surface area (Å²) >= 11 is 6.11. The third kappa shape index (κ3) is 7.20. The zero-order valence-electron chi connectivity index (χ0n) is 22.5. The molecule has 0 bridgehead atoms. The lowest BCUT2D eigenvalue weighted by molar-refractivity contribution is -0.134. The Balaban J connectivity index is 1.65. The lowest BCUT2D eigenvalue weighted by Crippen LogP contribution is -2.47. The number of ether oxygens (including phenoxy) is 1. The first-order chi connectivity index (χ1) is 19.3. The molecule has 8 nitrogen and oxygen atoms in total. The minimum absolute atomic E-state index is 0.0412. The minimum atomic E-state index is -1.30. The Morgan fingerprint density at radius 1 is 1.05 bits per heavy atom. The maximum atomic E-state index is 13.6. The van der Waals surface area contributed by atoms with E-state index < -0.39 is 35.1 Å². The molecule has 1 atom stereocenters. The Bertz CT molecular complexity index is 1580. The van der Waals surface area contributed by atoms with Gasteiger partial charge in [0.05, 0.1) is 0 Å². The molecule has 4 rings (SSSR count). The summed E-state index contributed by atoms with van der Waals surface area (Å²) < 4.78 is 32.5. The van der Waals surface area contributed by atoms with E-state index >= 15 is 0 Å². The molecule has 0 aliphatic rings. The van der Waals surface area contributed by atoms with E-state index in [4.69, 9.17) is 16.3 Å². The largest absolute Gasteiger partial charge is 0.489 e. The van der Waals surface area contributed by atoms with E-state index in [9.17, 15) is 28.3 Å². The number of benzene rings is 3. The average Bonchev–Trinajstić information content (AvgIpc) is 3.24. The van der Waals surface area contributed by atoms with Crippen molar-refractivity contribution in [3.8, 4) is 5.75 Å². The first kappa shape index (κ1) is 29.5. The molecule has 3 aromatic carbocycles. The van der Waals surface area contributed by atoms with Crippen molar-refractivity contribution in [2.24, 2.45) is 0 Å². The van der Waals surface area contributed by atoms with E-state index in [-0.39, 0.29) is 24.4 Å². The summed E-state index contributed by atoms with van der Waals surface area (Å²) in [6.45, 7) is 5.22. The van der Waals surface area contributed by atoms with Crippen LogP contribution in [-0.4, -0.2) is 38.8 Å². The van der Waals surface area contributed by atoms with Gasteiger partial charge in [0.15, 0.2) is 0 Å². The van der Waals surface area contributed by atoms with Crippen LogP contribution < -0.4 is 10.1 Å². The molecule has 0 aliphatic carbocycles. The number of hydrogen-bond acceptors (Lipinski definition) is 4. The number of nitrogens with zero attached hydrogens (tertiary/aromatic N) is 1. The lowest BCUT2D eigenvalue weighted by atomic mass is 9.98. The molecule has 41 heavy (non-hydrogen) atoms. The summed E-state index contributed by atoms with van der Waals surface area (Å²) in [4.78, 5) is 42.4. The zero-order chi connectivity index (χ0) is 29.9. The summed E-state index contributed by atoms with van der Waals surface area (Å²) in [5.41, 5.74) is 0.562. The molecule has 0 radical (unpaired) electrons. The van der Waals surface area contributed by atoms with Crippen molar-refractivity contribution in [2.45, 2.75) is 45.5 Å². The van der Waals surface area contributed by atoms with Gasteiger partial charge >= 0.3 is 5.97 Å². The Kier molecular flexibility index (Phi) is 8.63. The number of carboxylic acids is 1. The van der Waals surface area contributed by atoms with E-state index in [1.165, 1.54) is 17.0 Å². The number of aromatic carboxylic acids is 1. The van der Waals surface area contributed by atoms with Gasteiger partial charge in [-0.3, -0.25) is 9.59 Å². The predicted octanol–water partition coefficient (Wildman–Crippen LogP) is 5.99. The van der Waals surface area contributed by atoms with Crippen molar-refractivity contribution < 1.29 is 33.0 Å². The second-order valence-electron chi connectivity index (χ2n) is 10.5. The first-order valence-corrected chi connectivity index (χ1v) is 13.0. The smallest absolute Gasteiger partial charge is 0.352 e. The number of carboxylic acid groups (broad SMARTS) is 1. The van der Waals surface area contributed by atoms with Gasteiger partial charge in [0.2, 0.25) is 12.3 Å². The number of H-pyrrole nitrogens is 1. The summed E-state index contributed by atoms with van der Waals surface area (Å²) in [5.74, 6) is -2.86. The van der Waals surface area contributed by atoms with Gasteiger partial charge in [-0.05, 0) is 68.3 Å². The number of amides is 2. The molecule has 0 saturated heterocycles. The first-order valence-electron chi connectivity index (χ1n) is 12.6. The van der Waals surface area contributed by atoms with Gasteiger partial charge in [0, 0.05) is 39.6 Å². The summed E-state index contributed by atoms with van der Waals surface area (Å²) in [6.07, 6.45) is 0.496. The van der Waals surface area contributed by atoms with Gasteiger partial charge in [0.1, 0.15) is 35.7 Å². The molecule has 3 N–H and O–H groups in total. The van der Waals surface area contributed by atoms with Crippen LogP contribution in [0.4, 0.5) is 8.78 Å². The number of nitrogens with one attached hydrogen (secondary N) is 2. The quantitative estimate of drug-likeness (QED) is 0.199. The SMILES string of the molecule is CC(C)(C)NC(=O)C(c1c(C(=O)O)[nH]c2cc(Cl)ccc12)N(C=O)Cc1ccc(OCc2cc(F)cc(F)c2)cc1. The maximum Gasteiger partial charge on any atom is 0.352 e. The van der Waals surface area contributed by atoms with Crippen LogP contribution in [0, 0.1) is 11.6 Å². The van der Waals surface area contributed by atoms with Crippen LogP contribution in [0.25, 0.3) is 10.9 Å². The Hall–Kier alpha value is -4.44. The third-order valence-corrected chi connectivity index (χ3v) is 6.35. The van der Waals surface area contributed by atoms with Crippen molar-refractivity contribution >= 4 is 40.8 Å². The third-order valence-electron chi connectivity index (χ3n) is 6.12. The Labute approximate surface area is 239 Å². The molecule has 1 unspecified atom stereocenters. The number of carbonyl (C=O) groups excluding carboxylic acids is 2. The van der Waals surface area contributed by atoms with Gasteiger partial charge in [-0.2, -0.15) is 0 Å². The van der Waals surface area contributed by atoms with Crippen molar-refractivity contribution in [3.63, 3.8) is 0 Å². The number of fused-ring (bicyclic) bond motifs is 1. The van der Waals surface area contributed by atoms with E-state index in [2.05, 4.69) is 10.3 Å². The molecule has 0 fully saturated rings. The van der Waals surface area contributed by atoms with E-state index in [1.54, 1.807) is 63.2 Å². The number of hydrogen-bond donors (Lipinski definition) is 3. The van der Waals surface area contributed by atoms with E-state index in [1.807, 2.05) is 0 Å². The fourth-order valence-electron chi connectivity index (χ4n) is 4.48. The van der Waals surface area contributed by atoms with Gasteiger partial charge < -0.3 is 25.0 Å². The topological polar surface area (TPSA) is 112 Å². The zero-order valence-corrected chi connectivity index (χ0v) is 23.3. The molecular weight excluding hydrogens is 556 g/mol. The Morgan fingerprint density at radius 2 is 1.71 bits per heavy atom. The number of aromatic amines is 1. The van der Waals surface area contributed by atoms with Gasteiger partial charge in [0.25, 0.3) is 0 Å². The molecule has 214 valence electrons. The highest BCUT2D eigenvalue weighted by Gasteiger charge is 2.35. The number of carbonyl (C=O) groups is 3. The van der Waals surface area contributed by atoms with E-state index in [0.29, 0.717) is 39.2 Å². The monoisotopic (exact) mass is 583 g/mol. The standard InChI is InChI=1S/C30H28ClF2N3O5/c1-30(2,3)35-28(38)27(25-23-9-6-19(31)12-24(23)34-26(25)29(39)40)36(16-37)14-17-4-7-22(8-5-17)41-15-18-10-20(32)13-21(33)11-18/h4-13,16,27,34H,14-15H2,1-3H3,(H,35,38)(H,39,40). The van der Waals surface area contributed by atoms with Gasteiger partial charge in [-0.1, -0.05) is 29.8 Å². The second kappa shape index (κ2) is 12.0. The Morgan fingerprint density at radius 3 is 2.29 bits per heavy atom. The second-order valence-corrected chi connectivity index (χ2v) is 11.0. The minimum Gasteiger partial charge on any atom is -0.489 e. The summed E-state index contributed by atoms with van der Waals surface area (Å²) in [5, 5.41) is 13.6. The highest BCUT2D eigenvalue weighted by atomic mass is 35.5. The maximum absolute atomic E-state index is 13.6. The van der Waals surface area contributed by atoms with Crippen LogP contribution in [0.1, 0.15) is 54.0 Å². The molecule has 0 aliphatic heterocycles. The van der Waals surface area contributed by atoms with Crippen molar-refractivity contribution in [3.05, 3.63) is 99.7 Å². The highest BCUT2D eigenvalue weighted by Crippen LogP contribution is 2.34. The number of rotatable bonds is 10. The van der Waals surface area contributed by atoms with Crippen LogP contribution >= 0.6 is 11.6 Å². The van der Waals surface area contributed by atoms with E-state index in [0.717, 1.165) is 6.07 Å². The molecular formula is C30H28ClF2N3O5. The highest BCUT2D eigenvalue weighted by molar-refractivity contribution is 6.31.